The van der Waals surface area contributed by atoms with E-state index in [1.807, 2.05) is 146 Å². The first kappa shape index (κ1) is 52.9. The fourth-order valence-corrected chi connectivity index (χ4v) is 8.05. The Bertz CT molecular complexity index is 2320. The average molecular weight is 999 g/mol. The van der Waals surface area contributed by atoms with Crippen molar-refractivity contribution in [2.24, 2.45) is 20.0 Å². The Morgan fingerprint density at radius 1 is 0.284 bits per heavy atom. The smallest absolute Gasteiger partial charge is 0.122 e. The predicted octanol–water partition coefficient (Wildman–Crippen LogP) is 7.95. The summed E-state index contributed by atoms with van der Waals surface area (Å²) in [6, 6.07) is 48.5. The monoisotopic (exact) mass is 999 g/mol. The Morgan fingerprint density at radius 2 is 0.514 bits per heavy atom. The minimum absolute atomic E-state index is 0.427. The molecule has 0 radical (unpaired) electrons. The van der Waals surface area contributed by atoms with Crippen LogP contribution in [0.1, 0.15) is 33.4 Å². The van der Waals surface area contributed by atoms with Crippen LogP contribution in [0.2, 0.25) is 0 Å². The molecule has 0 atom stereocenters. The van der Waals surface area contributed by atoms with Crippen LogP contribution >= 0.6 is 0 Å². The van der Waals surface area contributed by atoms with Gasteiger partial charge in [0.25, 0.3) is 0 Å². The molecule has 27 rings (SSSR count). The predicted molar refractivity (Wildman–Crippen MR) is 298 cm³/mol. The first-order chi connectivity index (χ1) is 36.6. The zero-order chi connectivity index (χ0) is 50.5. The minimum atomic E-state index is 0.427. The number of rotatable bonds is 0. The van der Waals surface area contributed by atoms with Crippen LogP contribution in [0.25, 0.3) is 0 Å². The molecular weight excluding hydrogens is 929 g/mol. The molecule has 21 aliphatic heterocycles. The van der Waals surface area contributed by atoms with Crippen molar-refractivity contribution in [3.63, 3.8) is 0 Å². The number of ether oxygens (including phenoxy) is 6. The third-order valence-electron chi connectivity index (χ3n) is 12.2. The molecule has 14 heteroatoms. The number of nitrogens with zero attached hydrogens (tertiary/aromatic N) is 6. The molecule has 0 saturated heterocycles. The lowest BCUT2D eigenvalue weighted by molar-refractivity contribution is 0.217. The maximum Gasteiger partial charge on any atom is 0.122 e. The number of hydrogen-bond donors (Lipinski definition) is 2. The summed E-state index contributed by atoms with van der Waals surface area (Å²) in [7, 11) is 0. The molecule has 386 valence electrons. The highest BCUT2D eigenvalue weighted by atomic mass is 16.5. The van der Waals surface area contributed by atoms with Crippen molar-refractivity contribution in [1.29, 1.82) is 0 Å². The number of aliphatic imine (C=N–C) groups is 4. The van der Waals surface area contributed by atoms with Gasteiger partial charge in [-0.05, 0) is 155 Å². The molecule has 21 aliphatic rings. The van der Waals surface area contributed by atoms with E-state index in [1.54, 1.807) is 0 Å². The third-order valence-corrected chi connectivity index (χ3v) is 12.2. The minimum Gasteiger partial charge on any atom is -0.490 e. The SMILES string of the molecule is C1=NCCN2CCN=Cc3ccc(cc3)OCCOc3ccc(cc3)C=NCCN(CCN=Cc3ccc(cc3)OCCOc3ccc1cc3)CCNCc1ccc(cc1)OCCOc1ccc(cc1)CNCC2. The number of hydrogen-bond acceptors (Lipinski definition) is 14. The summed E-state index contributed by atoms with van der Waals surface area (Å²) in [5, 5.41) is 7.25. The van der Waals surface area contributed by atoms with Gasteiger partial charge in [-0.25, -0.2) is 0 Å². The van der Waals surface area contributed by atoms with Crippen molar-refractivity contribution < 1.29 is 28.4 Å². The first-order valence-corrected chi connectivity index (χ1v) is 25.9. The van der Waals surface area contributed by atoms with Crippen LogP contribution in [-0.2, 0) is 13.1 Å². The largest absolute Gasteiger partial charge is 0.490 e. The number of nitrogens with one attached hydrogen (secondary N) is 2. The van der Waals surface area contributed by atoms with Gasteiger partial charge in [0.2, 0.25) is 0 Å². The molecule has 0 unspecified atom stereocenters. The van der Waals surface area contributed by atoms with Crippen LogP contribution < -0.4 is 39.1 Å². The average Bonchev–Trinajstić information content (AvgIpc) is 3.44. The summed E-state index contributed by atoms with van der Waals surface area (Å²) in [5.41, 5.74) is 6.46. The summed E-state index contributed by atoms with van der Waals surface area (Å²) in [6.07, 6.45) is 7.71. The zero-order valence-electron chi connectivity index (χ0n) is 42.4. The van der Waals surface area contributed by atoms with Crippen LogP contribution in [0.4, 0.5) is 0 Å². The highest BCUT2D eigenvalue weighted by molar-refractivity contribution is 5.81. The summed E-state index contributed by atoms with van der Waals surface area (Å²) < 4.78 is 36.0. The molecule has 14 bridgehead atoms. The summed E-state index contributed by atoms with van der Waals surface area (Å²) in [5.74, 6) is 4.78. The van der Waals surface area contributed by atoms with E-state index in [2.05, 4.69) is 44.7 Å². The van der Waals surface area contributed by atoms with Gasteiger partial charge in [0, 0.05) is 90.3 Å². The normalized spacial score (nSPS) is 18.6. The Kier molecular flexibility index (Phi) is 21.9. The highest BCUT2D eigenvalue weighted by Gasteiger charge is 2.08. The van der Waals surface area contributed by atoms with Crippen molar-refractivity contribution >= 4 is 24.9 Å². The summed E-state index contributed by atoms with van der Waals surface area (Å²) in [4.78, 5) is 24.0. The molecule has 6 aromatic carbocycles. The van der Waals surface area contributed by atoms with Crippen LogP contribution in [0.3, 0.4) is 0 Å². The van der Waals surface area contributed by atoms with Crippen molar-refractivity contribution in [2.75, 3.05) is 118 Å². The molecule has 74 heavy (non-hydrogen) atoms. The second kappa shape index (κ2) is 30.6. The van der Waals surface area contributed by atoms with Gasteiger partial charge in [-0.2, -0.15) is 0 Å². The molecule has 2 N–H and O–H groups in total. The lowest BCUT2D eigenvalue weighted by Crippen LogP contribution is -2.35. The maximum atomic E-state index is 6.02. The van der Waals surface area contributed by atoms with Crippen molar-refractivity contribution in [2.45, 2.75) is 13.1 Å². The highest BCUT2D eigenvalue weighted by Crippen LogP contribution is 2.17. The standard InChI is InChI=1S/C60H70N8O6/c1-13-55-14-2-49(1)43-61-25-31-67-32-26-62-44-51-5-17-57(18-6-51)71-39-41-73-59-21-9-53(10-22-59)47-65-29-35-68(34-28-64-46-50-3-15-56(16-4-50)70-38-37-69-55)36-30-66-48-54-11-23-60(24-12-54)74-42-40-72-58-19-7-52(8-20-58)45-63-27-33-67/h1-24,43-44,46-47,63,66H,25-42,45,48H2. The lowest BCUT2D eigenvalue weighted by Gasteiger charge is -2.21. The fourth-order valence-electron chi connectivity index (χ4n) is 8.05. The molecule has 21 heterocycles. The Morgan fingerprint density at radius 3 is 0.757 bits per heavy atom. The van der Waals surface area contributed by atoms with Gasteiger partial charge in [0.15, 0.2) is 0 Å². The van der Waals surface area contributed by atoms with Gasteiger partial charge in [-0.1, -0.05) is 24.3 Å². The second-order valence-corrected chi connectivity index (χ2v) is 17.8. The van der Waals surface area contributed by atoms with E-state index in [1.165, 1.54) is 11.1 Å². The van der Waals surface area contributed by atoms with Gasteiger partial charge < -0.3 is 39.1 Å². The molecule has 0 aliphatic carbocycles. The van der Waals surface area contributed by atoms with Gasteiger partial charge in [-0.3, -0.25) is 29.8 Å². The Labute approximate surface area is 436 Å². The lowest BCUT2D eigenvalue weighted by atomic mass is 10.2. The van der Waals surface area contributed by atoms with Gasteiger partial charge in [-0.15, -0.1) is 0 Å². The van der Waals surface area contributed by atoms with E-state index in [4.69, 9.17) is 48.4 Å². The van der Waals surface area contributed by atoms with Gasteiger partial charge in [0.1, 0.15) is 74.1 Å². The topological polar surface area (TPSA) is 135 Å². The maximum absolute atomic E-state index is 6.02. The zero-order valence-corrected chi connectivity index (χ0v) is 42.4. The summed E-state index contributed by atoms with van der Waals surface area (Å²) >= 11 is 0. The molecule has 0 amide bonds. The van der Waals surface area contributed by atoms with E-state index in [9.17, 15) is 0 Å². The van der Waals surface area contributed by atoms with Gasteiger partial charge in [0.05, 0.1) is 26.2 Å². The fraction of sp³-hybridized carbons (Fsp3) is 0.333. The molecule has 0 saturated carbocycles. The van der Waals surface area contributed by atoms with Gasteiger partial charge >= 0.3 is 0 Å². The van der Waals surface area contributed by atoms with E-state index >= 15 is 0 Å². The molecular formula is C60H70N8O6. The second-order valence-electron chi connectivity index (χ2n) is 17.8. The van der Waals surface area contributed by atoms with E-state index < -0.39 is 0 Å². The number of benzene rings is 6. The Balaban J connectivity index is 0.952. The third kappa shape index (κ3) is 19.6. The van der Waals surface area contributed by atoms with E-state index in [-0.39, 0.29) is 0 Å². The van der Waals surface area contributed by atoms with Crippen LogP contribution in [0, 0.1) is 0 Å². The van der Waals surface area contributed by atoms with Crippen molar-refractivity contribution in [3.05, 3.63) is 179 Å². The molecule has 0 fully saturated rings. The van der Waals surface area contributed by atoms with E-state index in [0.717, 1.165) is 122 Å². The Hall–Kier alpha value is -7.36. The molecule has 6 aromatic rings. The molecule has 14 nitrogen and oxygen atoms in total. The van der Waals surface area contributed by atoms with Crippen molar-refractivity contribution in [3.8, 4) is 34.5 Å². The quantitative estimate of drug-likeness (QED) is 0.155. The summed E-state index contributed by atoms with van der Waals surface area (Å²) in [6.45, 7) is 13.3. The molecule has 0 spiro atoms. The van der Waals surface area contributed by atoms with Crippen LogP contribution in [0.15, 0.2) is 166 Å². The van der Waals surface area contributed by atoms with Crippen LogP contribution in [-0.4, -0.2) is 153 Å². The van der Waals surface area contributed by atoms with Crippen LogP contribution in [0.5, 0.6) is 34.5 Å². The van der Waals surface area contributed by atoms with Crippen molar-refractivity contribution in [1.82, 2.24) is 20.4 Å². The first-order valence-electron chi connectivity index (χ1n) is 25.9. The van der Waals surface area contributed by atoms with E-state index in [0.29, 0.717) is 65.8 Å². The molecule has 0 aromatic heterocycles.